The van der Waals surface area contributed by atoms with Crippen LogP contribution in [-0.4, -0.2) is 57.7 Å². The molecule has 0 radical (unpaired) electrons. The maximum atomic E-state index is 5.79. The van der Waals surface area contributed by atoms with Crippen LogP contribution in [0, 0.1) is 11.8 Å². The Kier molecular flexibility index (Phi) is 11.1. The molecule has 2 atom stereocenters. The molecular weight excluding hydrogens is 427 g/mol. The van der Waals surface area contributed by atoms with Gasteiger partial charge >= 0.3 is 0 Å². The van der Waals surface area contributed by atoms with Crippen LogP contribution in [0.5, 0.6) is 0 Å². The summed E-state index contributed by atoms with van der Waals surface area (Å²) in [6, 6.07) is 10.3. The second-order valence-electron chi connectivity index (χ2n) is 6.86. The molecule has 0 aromatic heterocycles. The fourth-order valence-electron chi connectivity index (χ4n) is 2.94. The molecule has 0 bridgehead atoms. The predicted molar refractivity (Wildman–Crippen MR) is 116 cm³/mol. The third-order valence-electron chi connectivity index (χ3n) is 4.40. The van der Waals surface area contributed by atoms with Gasteiger partial charge in [0.2, 0.25) is 0 Å². The molecule has 142 valence electrons. The maximum absolute atomic E-state index is 5.79. The van der Waals surface area contributed by atoms with E-state index in [9.17, 15) is 0 Å². The molecule has 1 aliphatic rings. The summed E-state index contributed by atoms with van der Waals surface area (Å²) in [5.41, 5.74) is 1.22. The van der Waals surface area contributed by atoms with Gasteiger partial charge < -0.3 is 20.3 Å². The fourth-order valence-corrected chi connectivity index (χ4v) is 2.94. The second kappa shape index (κ2) is 12.5. The van der Waals surface area contributed by atoms with Crippen LogP contribution in [0.1, 0.15) is 18.9 Å². The Morgan fingerprint density at radius 2 is 2.08 bits per heavy atom. The van der Waals surface area contributed by atoms with Crippen molar-refractivity contribution in [2.45, 2.75) is 20.0 Å². The Hall–Kier alpha value is -0.860. The number of hydrogen-bond acceptors (Lipinski definition) is 3. The molecule has 25 heavy (non-hydrogen) atoms. The summed E-state index contributed by atoms with van der Waals surface area (Å²) in [4.78, 5) is 6.69. The van der Waals surface area contributed by atoms with E-state index in [1.807, 2.05) is 25.2 Å². The zero-order valence-corrected chi connectivity index (χ0v) is 18.0. The number of guanidine groups is 1. The van der Waals surface area contributed by atoms with Crippen LogP contribution in [0.25, 0.3) is 0 Å². The number of halogens is 1. The molecule has 1 aromatic rings. The van der Waals surface area contributed by atoms with Gasteiger partial charge in [-0.3, -0.25) is 4.99 Å². The Morgan fingerprint density at radius 3 is 2.72 bits per heavy atom. The highest BCUT2D eigenvalue weighted by molar-refractivity contribution is 14.0. The zero-order chi connectivity index (χ0) is 17.2. The molecule has 1 fully saturated rings. The first-order valence-corrected chi connectivity index (χ1v) is 8.92. The number of nitrogens with one attached hydrogen (secondary N) is 2. The lowest BCUT2D eigenvalue weighted by Gasteiger charge is -2.18. The van der Waals surface area contributed by atoms with Crippen molar-refractivity contribution in [1.29, 1.82) is 0 Å². The lowest BCUT2D eigenvalue weighted by Crippen LogP contribution is -2.42. The molecule has 2 rings (SSSR count). The van der Waals surface area contributed by atoms with Crippen LogP contribution in [-0.2, 0) is 11.3 Å². The standard InChI is InChI=1S/C19H32N4O.HI/c1-16(14-24-15-17-7-5-4-6-8-17)11-21-19(20-2)22-12-18-9-10-23(3)13-18;/h4-8,16,18H,9-15H2,1-3H3,(H2,20,21,22);1H. The largest absolute Gasteiger partial charge is 0.376 e. The summed E-state index contributed by atoms with van der Waals surface area (Å²) in [5.74, 6) is 2.05. The van der Waals surface area contributed by atoms with Crippen molar-refractivity contribution >= 4 is 29.9 Å². The number of rotatable bonds is 8. The molecule has 0 saturated carbocycles. The molecule has 1 aliphatic heterocycles. The molecule has 0 aliphatic carbocycles. The van der Waals surface area contributed by atoms with Gasteiger partial charge in [0, 0.05) is 26.7 Å². The van der Waals surface area contributed by atoms with E-state index >= 15 is 0 Å². The first-order valence-electron chi connectivity index (χ1n) is 8.92. The van der Waals surface area contributed by atoms with Gasteiger partial charge in [0.1, 0.15) is 0 Å². The van der Waals surface area contributed by atoms with Crippen molar-refractivity contribution in [2.24, 2.45) is 16.8 Å². The SMILES string of the molecule is CN=C(NCC(C)COCc1ccccc1)NCC1CCN(C)C1.I. The van der Waals surface area contributed by atoms with Crippen LogP contribution in [0.4, 0.5) is 0 Å². The van der Waals surface area contributed by atoms with Gasteiger partial charge in [-0.25, -0.2) is 0 Å². The molecule has 0 amide bonds. The number of likely N-dealkylation sites (tertiary alicyclic amines) is 1. The topological polar surface area (TPSA) is 48.9 Å². The Bertz CT molecular complexity index is 497. The van der Waals surface area contributed by atoms with Crippen molar-refractivity contribution < 1.29 is 4.74 Å². The van der Waals surface area contributed by atoms with Crippen LogP contribution < -0.4 is 10.6 Å². The zero-order valence-electron chi connectivity index (χ0n) is 15.7. The first-order chi connectivity index (χ1) is 11.7. The van der Waals surface area contributed by atoms with Crippen LogP contribution in [0.2, 0.25) is 0 Å². The molecule has 2 N–H and O–H groups in total. The lowest BCUT2D eigenvalue weighted by atomic mass is 10.1. The highest BCUT2D eigenvalue weighted by Crippen LogP contribution is 2.12. The quantitative estimate of drug-likeness (QED) is 0.356. The molecule has 1 aromatic carbocycles. The van der Waals surface area contributed by atoms with Gasteiger partial charge in [-0.15, -0.1) is 24.0 Å². The Morgan fingerprint density at radius 1 is 1.32 bits per heavy atom. The normalized spacial score (nSPS) is 19.3. The molecule has 0 spiro atoms. The number of benzene rings is 1. The van der Waals surface area contributed by atoms with E-state index in [0.717, 1.165) is 31.6 Å². The summed E-state index contributed by atoms with van der Waals surface area (Å²) in [6.45, 7) is 7.83. The Balaban J connectivity index is 0.00000312. The van der Waals surface area contributed by atoms with E-state index in [1.165, 1.54) is 25.1 Å². The molecule has 6 heteroatoms. The minimum Gasteiger partial charge on any atom is -0.376 e. The maximum Gasteiger partial charge on any atom is 0.190 e. The summed E-state index contributed by atoms with van der Waals surface area (Å²) >= 11 is 0. The monoisotopic (exact) mass is 460 g/mol. The second-order valence-corrected chi connectivity index (χ2v) is 6.86. The minimum atomic E-state index is 0. The van der Waals surface area contributed by atoms with E-state index in [2.05, 4.69) is 46.6 Å². The third kappa shape index (κ3) is 8.87. The van der Waals surface area contributed by atoms with Crippen molar-refractivity contribution in [1.82, 2.24) is 15.5 Å². The number of aliphatic imine (C=N–C) groups is 1. The third-order valence-corrected chi connectivity index (χ3v) is 4.40. The van der Waals surface area contributed by atoms with Crippen molar-refractivity contribution in [3.63, 3.8) is 0 Å². The van der Waals surface area contributed by atoms with Crippen LogP contribution in [0.3, 0.4) is 0 Å². The fraction of sp³-hybridized carbons (Fsp3) is 0.632. The van der Waals surface area contributed by atoms with Crippen molar-refractivity contribution in [2.75, 3.05) is 46.9 Å². The summed E-state index contributed by atoms with van der Waals surface area (Å²) < 4.78 is 5.79. The van der Waals surface area contributed by atoms with Crippen LogP contribution >= 0.6 is 24.0 Å². The van der Waals surface area contributed by atoms with Crippen molar-refractivity contribution in [3.8, 4) is 0 Å². The van der Waals surface area contributed by atoms with Gasteiger partial charge in [-0.2, -0.15) is 0 Å². The molecule has 1 heterocycles. The first kappa shape index (κ1) is 22.2. The van der Waals surface area contributed by atoms with Gasteiger partial charge in [0.15, 0.2) is 5.96 Å². The van der Waals surface area contributed by atoms with E-state index < -0.39 is 0 Å². The predicted octanol–water partition coefficient (Wildman–Crippen LogP) is 2.57. The smallest absolute Gasteiger partial charge is 0.190 e. The van der Waals surface area contributed by atoms with Gasteiger partial charge in [-0.05, 0) is 37.4 Å². The van der Waals surface area contributed by atoms with Crippen molar-refractivity contribution in [3.05, 3.63) is 35.9 Å². The van der Waals surface area contributed by atoms with E-state index in [4.69, 9.17) is 4.74 Å². The molecule has 2 unspecified atom stereocenters. The molecular formula is C19H33IN4O. The summed E-state index contributed by atoms with van der Waals surface area (Å²) in [6.07, 6.45) is 1.27. The average molecular weight is 460 g/mol. The summed E-state index contributed by atoms with van der Waals surface area (Å²) in [7, 11) is 4.01. The highest BCUT2D eigenvalue weighted by atomic mass is 127. The number of hydrogen-bond donors (Lipinski definition) is 2. The summed E-state index contributed by atoms with van der Waals surface area (Å²) in [5, 5.41) is 6.84. The highest BCUT2D eigenvalue weighted by Gasteiger charge is 2.19. The Labute approximate surface area is 169 Å². The number of ether oxygens (including phenoxy) is 1. The average Bonchev–Trinajstić information content (AvgIpc) is 3.01. The van der Waals surface area contributed by atoms with E-state index in [-0.39, 0.29) is 24.0 Å². The van der Waals surface area contributed by atoms with E-state index in [0.29, 0.717) is 12.5 Å². The lowest BCUT2D eigenvalue weighted by molar-refractivity contribution is 0.0931. The van der Waals surface area contributed by atoms with E-state index in [1.54, 1.807) is 0 Å². The minimum absolute atomic E-state index is 0. The van der Waals surface area contributed by atoms with Gasteiger partial charge in [0.25, 0.3) is 0 Å². The molecule has 1 saturated heterocycles. The molecule has 5 nitrogen and oxygen atoms in total. The van der Waals surface area contributed by atoms with Gasteiger partial charge in [0.05, 0.1) is 13.2 Å². The van der Waals surface area contributed by atoms with Gasteiger partial charge in [-0.1, -0.05) is 37.3 Å². The number of nitrogens with zero attached hydrogens (tertiary/aromatic N) is 2. The van der Waals surface area contributed by atoms with Crippen LogP contribution in [0.15, 0.2) is 35.3 Å².